The van der Waals surface area contributed by atoms with Gasteiger partial charge in [-0.05, 0) is 64.8 Å². The van der Waals surface area contributed by atoms with Crippen molar-refractivity contribution in [2.75, 3.05) is 19.0 Å². The Hall–Kier alpha value is -2.34. The summed E-state index contributed by atoms with van der Waals surface area (Å²) in [6.07, 6.45) is 4.59. The number of anilines is 1. The zero-order valence-electron chi connectivity index (χ0n) is 15.7. The van der Waals surface area contributed by atoms with Gasteiger partial charge in [-0.25, -0.2) is 0 Å². The standard InChI is InChI=1S/C21H25BrN2O3/c1-3-4-5-6-13-27-19-12-9-16(14-18(19)22)21(26)24-17-10-7-15(8-11-17)20(25)23-2/h7-12,14H,3-6,13H2,1-2H3,(H,23,25)(H,24,26). The highest BCUT2D eigenvalue weighted by molar-refractivity contribution is 9.10. The number of benzene rings is 2. The van der Waals surface area contributed by atoms with Gasteiger partial charge in [0.15, 0.2) is 0 Å². The highest BCUT2D eigenvalue weighted by Gasteiger charge is 2.10. The molecule has 2 rings (SSSR count). The van der Waals surface area contributed by atoms with Gasteiger partial charge in [0.05, 0.1) is 11.1 Å². The third-order valence-electron chi connectivity index (χ3n) is 4.08. The van der Waals surface area contributed by atoms with Crippen molar-refractivity contribution < 1.29 is 14.3 Å². The Kier molecular flexibility index (Phi) is 8.33. The van der Waals surface area contributed by atoms with Crippen molar-refractivity contribution >= 4 is 33.4 Å². The lowest BCUT2D eigenvalue weighted by Gasteiger charge is -2.10. The van der Waals surface area contributed by atoms with Crippen LogP contribution < -0.4 is 15.4 Å². The zero-order chi connectivity index (χ0) is 19.6. The van der Waals surface area contributed by atoms with Crippen LogP contribution in [0.4, 0.5) is 5.69 Å². The molecule has 0 aromatic heterocycles. The van der Waals surface area contributed by atoms with E-state index in [2.05, 4.69) is 33.5 Å². The molecule has 0 bridgehead atoms. The Labute approximate surface area is 168 Å². The van der Waals surface area contributed by atoms with Crippen molar-refractivity contribution in [1.29, 1.82) is 0 Å². The van der Waals surface area contributed by atoms with Crippen molar-refractivity contribution in [1.82, 2.24) is 5.32 Å². The van der Waals surface area contributed by atoms with E-state index in [-0.39, 0.29) is 11.8 Å². The van der Waals surface area contributed by atoms with Gasteiger partial charge in [-0.15, -0.1) is 0 Å². The molecule has 144 valence electrons. The first-order valence-electron chi connectivity index (χ1n) is 9.11. The summed E-state index contributed by atoms with van der Waals surface area (Å²) < 4.78 is 6.52. The molecular formula is C21H25BrN2O3. The van der Waals surface area contributed by atoms with E-state index in [0.29, 0.717) is 23.4 Å². The summed E-state index contributed by atoms with van der Waals surface area (Å²) >= 11 is 3.47. The third kappa shape index (κ3) is 6.40. The minimum Gasteiger partial charge on any atom is -0.492 e. The van der Waals surface area contributed by atoms with E-state index in [1.165, 1.54) is 12.8 Å². The van der Waals surface area contributed by atoms with Gasteiger partial charge in [0.1, 0.15) is 5.75 Å². The minimum atomic E-state index is -0.224. The van der Waals surface area contributed by atoms with Crippen molar-refractivity contribution in [2.45, 2.75) is 32.6 Å². The molecule has 0 aliphatic rings. The average molecular weight is 433 g/mol. The number of nitrogens with one attached hydrogen (secondary N) is 2. The molecule has 2 N–H and O–H groups in total. The molecule has 0 radical (unpaired) electrons. The number of carbonyl (C=O) groups is 2. The van der Waals surface area contributed by atoms with Gasteiger partial charge < -0.3 is 15.4 Å². The number of unbranched alkanes of at least 4 members (excludes halogenated alkanes) is 3. The number of ether oxygens (including phenoxy) is 1. The molecule has 0 saturated carbocycles. The van der Waals surface area contributed by atoms with Gasteiger partial charge in [0.2, 0.25) is 0 Å². The fraction of sp³-hybridized carbons (Fsp3) is 0.333. The van der Waals surface area contributed by atoms with Gasteiger partial charge in [-0.3, -0.25) is 9.59 Å². The lowest BCUT2D eigenvalue weighted by molar-refractivity contribution is 0.0962. The molecule has 27 heavy (non-hydrogen) atoms. The van der Waals surface area contributed by atoms with Crippen LogP contribution in [0.25, 0.3) is 0 Å². The van der Waals surface area contributed by atoms with E-state index in [0.717, 1.165) is 23.1 Å². The molecule has 0 atom stereocenters. The van der Waals surface area contributed by atoms with E-state index in [1.807, 2.05) is 0 Å². The summed E-state index contributed by atoms with van der Waals surface area (Å²) in [5.41, 5.74) is 1.69. The average Bonchev–Trinajstić information content (AvgIpc) is 2.68. The number of halogens is 1. The topological polar surface area (TPSA) is 67.4 Å². The monoisotopic (exact) mass is 432 g/mol. The lowest BCUT2D eigenvalue weighted by atomic mass is 10.1. The van der Waals surface area contributed by atoms with Crippen LogP contribution in [-0.4, -0.2) is 25.5 Å². The van der Waals surface area contributed by atoms with E-state index >= 15 is 0 Å². The number of carbonyl (C=O) groups excluding carboxylic acids is 2. The van der Waals surface area contributed by atoms with Crippen LogP contribution in [0, 0.1) is 0 Å². The SMILES string of the molecule is CCCCCCOc1ccc(C(=O)Nc2ccc(C(=O)NC)cc2)cc1Br. The minimum absolute atomic E-state index is 0.165. The summed E-state index contributed by atoms with van der Waals surface area (Å²) in [4.78, 5) is 24.0. The largest absolute Gasteiger partial charge is 0.492 e. The molecule has 2 aromatic carbocycles. The highest BCUT2D eigenvalue weighted by atomic mass is 79.9. The summed E-state index contributed by atoms with van der Waals surface area (Å²) in [5, 5.41) is 5.38. The molecule has 0 fully saturated rings. The number of amides is 2. The van der Waals surface area contributed by atoms with Gasteiger partial charge in [0, 0.05) is 23.9 Å². The summed E-state index contributed by atoms with van der Waals surface area (Å²) in [6, 6.07) is 12.0. The third-order valence-corrected chi connectivity index (χ3v) is 4.70. The molecular weight excluding hydrogens is 408 g/mol. The summed E-state index contributed by atoms with van der Waals surface area (Å²) in [6.45, 7) is 2.85. The fourth-order valence-corrected chi connectivity index (χ4v) is 3.02. The Morgan fingerprint density at radius 2 is 1.67 bits per heavy atom. The second-order valence-electron chi connectivity index (χ2n) is 6.16. The molecule has 2 amide bonds. The van der Waals surface area contributed by atoms with Crippen LogP contribution in [0.5, 0.6) is 5.75 Å². The maximum Gasteiger partial charge on any atom is 0.255 e. The van der Waals surface area contributed by atoms with Gasteiger partial charge in [-0.2, -0.15) is 0 Å². The number of hydrogen-bond acceptors (Lipinski definition) is 3. The molecule has 0 saturated heterocycles. The maximum absolute atomic E-state index is 12.4. The molecule has 2 aromatic rings. The zero-order valence-corrected chi connectivity index (χ0v) is 17.3. The van der Waals surface area contributed by atoms with Crippen molar-refractivity contribution in [3.63, 3.8) is 0 Å². The van der Waals surface area contributed by atoms with Crippen LogP contribution in [-0.2, 0) is 0 Å². The maximum atomic E-state index is 12.4. The number of rotatable bonds is 9. The Balaban J connectivity index is 1.94. The predicted molar refractivity (Wildman–Crippen MR) is 112 cm³/mol. The van der Waals surface area contributed by atoms with Gasteiger partial charge in [-0.1, -0.05) is 26.2 Å². The van der Waals surface area contributed by atoms with E-state index in [4.69, 9.17) is 4.74 Å². The summed E-state index contributed by atoms with van der Waals surface area (Å²) in [5.74, 6) is 0.345. The first-order chi connectivity index (χ1) is 13.0. The second kappa shape index (κ2) is 10.7. The normalized spacial score (nSPS) is 10.3. The van der Waals surface area contributed by atoms with Gasteiger partial charge >= 0.3 is 0 Å². The Morgan fingerprint density at radius 3 is 2.30 bits per heavy atom. The molecule has 6 heteroatoms. The molecule has 0 unspecified atom stereocenters. The quantitative estimate of drug-likeness (QED) is 0.546. The predicted octanol–water partition coefficient (Wildman–Crippen LogP) is 5.02. The smallest absolute Gasteiger partial charge is 0.255 e. The molecule has 0 aliphatic carbocycles. The first kappa shape index (κ1) is 21.0. The molecule has 0 spiro atoms. The fourth-order valence-electron chi connectivity index (χ4n) is 2.52. The molecule has 0 heterocycles. The van der Waals surface area contributed by atoms with E-state index in [1.54, 1.807) is 49.5 Å². The van der Waals surface area contributed by atoms with Crippen molar-refractivity contribution in [2.24, 2.45) is 0 Å². The van der Waals surface area contributed by atoms with E-state index < -0.39 is 0 Å². The van der Waals surface area contributed by atoms with Gasteiger partial charge in [0.25, 0.3) is 11.8 Å². The lowest BCUT2D eigenvalue weighted by Crippen LogP contribution is -2.17. The Morgan fingerprint density at radius 1 is 0.963 bits per heavy atom. The second-order valence-corrected chi connectivity index (χ2v) is 7.02. The highest BCUT2D eigenvalue weighted by Crippen LogP contribution is 2.26. The van der Waals surface area contributed by atoms with E-state index in [9.17, 15) is 9.59 Å². The Bertz CT molecular complexity index is 775. The van der Waals surface area contributed by atoms with Crippen LogP contribution >= 0.6 is 15.9 Å². The van der Waals surface area contributed by atoms with Crippen LogP contribution in [0.2, 0.25) is 0 Å². The summed E-state index contributed by atoms with van der Waals surface area (Å²) in [7, 11) is 1.58. The van der Waals surface area contributed by atoms with Crippen molar-refractivity contribution in [3.05, 3.63) is 58.1 Å². The first-order valence-corrected chi connectivity index (χ1v) is 9.90. The van der Waals surface area contributed by atoms with Crippen LogP contribution in [0.3, 0.4) is 0 Å². The molecule has 5 nitrogen and oxygen atoms in total. The van der Waals surface area contributed by atoms with Crippen LogP contribution in [0.1, 0.15) is 53.3 Å². The molecule has 0 aliphatic heterocycles. The van der Waals surface area contributed by atoms with Crippen molar-refractivity contribution in [3.8, 4) is 5.75 Å². The van der Waals surface area contributed by atoms with Crippen LogP contribution in [0.15, 0.2) is 46.9 Å². The number of hydrogen-bond donors (Lipinski definition) is 2.